The van der Waals surface area contributed by atoms with Crippen molar-refractivity contribution >= 4 is 33.2 Å². The van der Waals surface area contributed by atoms with Crippen LogP contribution < -0.4 is 15.8 Å². The van der Waals surface area contributed by atoms with Gasteiger partial charge < -0.3 is 15.8 Å². The lowest BCUT2D eigenvalue weighted by atomic mass is 10.1. The maximum absolute atomic E-state index is 12.3. The molecule has 0 fully saturated rings. The van der Waals surface area contributed by atoms with Gasteiger partial charge in [0, 0.05) is 15.8 Å². The zero-order valence-electron chi connectivity index (χ0n) is 13.4. The van der Waals surface area contributed by atoms with E-state index in [1.807, 2.05) is 42.5 Å². The summed E-state index contributed by atoms with van der Waals surface area (Å²) in [6.45, 7) is 0.501. The predicted octanol–water partition coefficient (Wildman–Crippen LogP) is 4.86. The molecule has 4 nitrogen and oxygen atoms in total. The van der Waals surface area contributed by atoms with E-state index in [2.05, 4.69) is 21.2 Å². The number of benzene rings is 3. The summed E-state index contributed by atoms with van der Waals surface area (Å²) in [5, 5.41) is 2.83. The highest BCUT2D eigenvalue weighted by atomic mass is 79.9. The number of nitrogen functional groups attached to an aromatic ring is 1. The van der Waals surface area contributed by atoms with Crippen molar-refractivity contribution in [3.05, 3.63) is 88.4 Å². The molecule has 0 unspecified atom stereocenters. The number of nitrogens with one attached hydrogen (secondary N) is 1. The van der Waals surface area contributed by atoms with E-state index in [0.717, 1.165) is 15.8 Å². The molecule has 126 valence electrons. The summed E-state index contributed by atoms with van der Waals surface area (Å²) in [6, 6.07) is 22.4. The molecular formula is C20H17BrN2O2. The second-order valence-electron chi connectivity index (χ2n) is 5.48. The summed E-state index contributed by atoms with van der Waals surface area (Å²) in [7, 11) is 0. The van der Waals surface area contributed by atoms with E-state index in [1.165, 1.54) is 0 Å². The number of halogens is 1. The monoisotopic (exact) mass is 396 g/mol. The lowest BCUT2D eigenvalue weighted by Crippen LogP contribution is -2.14. The zero-order valence-corrected chi connectivity index (χ0v) is 15.0. The maximum Gasteiger partial charge on any atom is 0.257 e. The lowest BCUT2D eigenvalue weighted by Gasteiger charge is -2.10. The topological polar surface area (TPSA) is 64.4 Å². The third kappa shape index (κ3) is 4.61. The Morgan fingerprint density at radius 2 is 1.72 bits per heavy atom. The van der Waals surface area contributed by atoms with E-state index in [4.69, 9.17) is 10.5 Å². The molecule has 3 aromatic rings. The molecule has 5 heteroatoms. The van der Waals surface area contributed by atoms with E-state index >= 15 is 0 Å². The Labute approximate surface area is 154 Å². The molecule has 0 atom stereocenters. The fourth-order valence-electron chi connectivity index (χ4n) is 2.30. The van der Waals surface area contributed by atoms with Crippen LogP contribution in [0.3, 0.4) is 0 Å². The number of anilines is 2. The van der Waals surface area contributed by atoms with Gasteiger partial charge >= 0.3 is 0 Å². The third-order valence-corrected chi connectivity index (χ3v) is 4.11. The van der Waals surface area contributed by atoms with Crippen LogP contribution in [-0.4, -0.2) is 5.91 Å². The Kier molecular flexibility index (Phi) is 5.36. The highest BCUT2D eigenvalue weighted by Gasteiger charge is 2.10. The Bertz CT molecular complexity index is 865. The molecule has 25 heavy (non-hydrogen) atoms. The quantitative estimate of drug-likeness (QED) is 0.605. The van der Waals surface area contributed by atoms with Crippen LogP contribution >= 0.6 is 15.9 Å². The highest BCUT2D eigenvalue weighted by molar-refractivity contribution is 9.10. The molecular weight excluding hydrogens is 380 g/mol. The molecule has 0 radical (unpaired) electrons. The molecule has 0 spiro atoms. The van der Waals surface area contributed by atoms with Crippen LogP contribution in [0.5, 0.6) is 5.75 Å². The van der Waals surface area contributed by atoms with Crippen molar-refractivity contribution in [2.45, 2.75) is 6.61 Å². The van der Waals surface area contributed by atoms with E-state index in [-0.39, 0.29) is 5.91 Å². The number of hydrogen-bond acceptors (Lipinski definition) is 3. The molecule has 0 bridgehead atoms. The minimum Gasteiger partial charge on any atom is -0.489 e. The molecule has 3 N–H and O–H groups in total. The normalized spacial score (nSPS) is 10.3. The summed E-state index contributed by atoms with van der Waals surface area (Å²) in [5.74, 6) is 0.487. The zero-order chi connectivity index (χ0) is 17.6. The summed E-state index contributed by atoms with van der Waals surface area (Å²) < 4.78 is 6.53. The van der Waals surface area contributed by atoms with Crippen molar-refractivity contribution in [1.29, 1.82) is 0 Å². The van der Waals surface area contributed by atoms with Crippen molar-refractivity contribution in [2.24, 2.45) is 0 Å². The Balaban J connectivity index is 1.62. The summed E-state index contributed by atoms with van der Waals surface area (Å²) in [5.41, 5.74) is 8.50. The van der Waals surface area contributed by atoms with E-state index in [9.17, 15) is 4.79 Å². The number of ether oxygens (including phenoxy) is 1. The standard InChI is InChI=1S/C20H17BrN2O2/c21-15-6-11-19(22)18(12-15)20(24)23-16-7-9-17(10-8-16)25-13-14-4-2-1-3-5-14/h1-12H,13,22H2,(H,23,24). The van der Waals surface area contributed by atoms with Gasteiger partial charge in [-0.25, -0.2) is 0 Å². The maximum atomic E-state index is 12.3. The first-order valence-electron chi connectivity index (χ1n) is 7.75. The Morgan fingerprint density at radius 3 is 2.44 bits per heavy atom. The molecule has 0 aliphatic heterocycles. The molecule has 0 aliphatic rings. The Morgan fingerprint density at radius 1 is 1.00 bits per heavy atom. The van der Waals surface area contributed by atoms with Crippen molar-refractivity contribution < 1.29 is 9.53 Å². The van der Waals surface area contributed by atoms with Gasteiger partial charge in [0.25, 0.3) is 5.91 Å². The van der Waals surface area contributed by atoms with Crippen LogP contribution in [0.4, 0.5) is 11.4 Å². The Hall–Kier alpha value is -2.79. The number of rotatable bonds is 5. The summed E-state index contributed by atoms with van der Waals surface area (Å²) >= 11 is 3.34. The van der Waals surface area contributed by atoms with Gasteiger partial charge in [0.15, 0.2) is 0 Å². The average Bonchev–Trinajstić information content (AvgIpc) is 2.64. The van der Waals surface area contributed by atoms with Crippen LogP contribution in [-0.2, 0) is 6.61 Å². The first kappa shape index (κ1) is 17.0. The van der Waals surface area contributed by atoms with Crippen molar-refractivity contribution in [2.75, 3.05) is 11.1 Å². The molecule has 0 saturated heterocycles. The number of nitrogens with two attached hydrogens (primary N) is 1. The first-order valence-corrected chi connectivity index (χ1v) is 8.54. The number of amides is 1. The minimum atomic E-state index is -0.253. The van der Waals surface area contributed by atoms with Crippen molar-refractivity contribution in [1.82, 2.24) is 0 Å². The van der Waals surface area contributed by atoms with Gasteiger partial charge in [-0.05, 0) is 48.0 Å². The highest BCUT2D eigenvalue weighted by Crippen LogP contribution is 2.21. The van der Waals surface area contributed by atoms with Gasteiger partial charge in [0.1, 0.15) is 12.4 Å². The molecule has 0 aliphatic carbocycles. The predicted molar refractivity (Wildman–Crippen MR) is 104 cm³/mol. The number of hydrogen-bond donors (Lipinski definition) is 2. The van der Waals surface area contributed by atoms with E-state index < -0.39 is 0 Å². The summed E-state index contributed by atoms with van der Waals surface area (Å²) in [4.78, 5) is 12.3. The molecule has 3 aromatic carbocycles. The average molecular weight is 397 g/mol. The lowest BCUT2D eigenvalue weighted by molar-refractivity contribution is 0.102. The number of carbonyl (C=O) groups excluding carboxylic acids is 1. The second kappa shape index (κ2) is 7.85. The minimum absolute atomic E-state index is 0.253. The molecule has 0 heterocycles. The third-order valence-electron chi connectivity index (χ3n) is 3.62. The van der Waals surface area contributed by atoms with Crippen LogP contribution in [0, 0.1) is 0 Å². The van der Waals surface area contributed by atoms with E-state index in [0.29, 0.717) is 23.5 Å². The fourth-order valence-corrected chi connectivity index (χ4v) is 2.66. The number of carbonyl (C=O) groups is 1. The SMILES string of the molecule is Nc1ccc(Br)cc1C(=O)Nc1ccc(OCc2ccccc2)cc1. The van der Waals surface area contributed by atoms with Gasteiger partial charge in [-0.3, -0.25) is 4.79 Å². The second-order valence-corrected chi connectivity index (χ2v) is 6.40. The van der Waals surface area contributed by atoms with Crippen LogP contribution in [0.25, 0.3) is 0 Å². The molecule has 1 amide bonds. The van der Waals surface area contributed by atoms with Gasteiger partial charge in [-0.15, -0.1) is 0 Å². The summed E-state index contributed by atoms with van der Waals surface area (Å²) in [6.07, 6.45) is 0. The van der Waals surface area contributed by atoms with Gasteiger partial charge in [-0.1, -0.05) is 46.3 Å². The fraction of sp³-hybridized carbons (Fsp3) is 0.0500. The molecule has 3 rings (SSSR count). The molecule has 0 aromatic heterocycles. The van der Waals surface area contributed by atoms with Gasteiger partial charge in [0.05, 0.1) is 5.56 Å². The largest absolute Gasteiger partial charge is 0.489 e. The van der Waals surface area contributed by atoms with Crippen molar-refractivity contribution in [3.63, 3.8) is 0 Å². The van der Waals surface area contributed by atoms with Crippen LogP contribution in [0.15, 0.2) is 77.3 Å². The van der Waals surface area contributed by atoms with Crippen LogP contribution in [0.1, 0.15) is 15.9 Å². The van der Waals surface area contributed by atoms with Gasteiger partial charge in [-0.2, -0.15) is 0 Å². The smallest absolute Gasteiger partial charge is 0.257 e. The van der Waals surface area contributed by atoms with Crippen LogP contribution in [0.2, 0.25) is 0 Å². The van der Waals surface area contributed by atoms with E-state index in [1.54, 1.807) is 30.3 Å². The van der Waals surface area contributed by atoms with Gasteiger partial charge in [0.2, 0.25) is 0 Å². The first-order chi connectivity index (χ1) is 12.1. The molecule has 0 saturated carbocycles. The van der Waals surface area contributed by atoms with Crippen molar-refractivity contribution in [3.8, 4) is 5.75 Å².